The summed E-state index contributed by atoms with van der Waals surface area (Å²) >= 11 is 1.58. The van der Waals surface area contributed by atoms with Crippen LogP contribution in [0, 0.1) is 0 Å². The number of hydrogen-bond donors (Lipinski definition) is 0. The van der Waals surface area contributed by atoms with E-state index in [1.807, 2.05) is 21.9 Å². The van der Waals surface area contributed by atoms with Crippen molar-refractivity contribution in [2.45, 2.75) is 12.8 Å². The van der Waals surface area contributed by atoms with E-state index >= 15 is 0 Å². The van der Waals surface area contributed by atoms with Crippen LogP contribution in [0.3, 0.4) is 0 Å². The molecule has 2 saturated heterocycles. The van der Waals surface area contributed by atoms with Crippen molar-refractivity contribution in [2.75, 3.05) is 62.2 Å². The molecule has 5 rings (SSSR count). The molecule has 0 atom stereocenters. The number of pyridine rings is 1. The van der Waals surface area contributed by atoms with Gasteiger partial charge in [0.2, 0.25) is 17.8 Å². The summed E-state index contributed by atoms with van der Waals surface area (Å²) < 4.78 is 0. The minimum absolute atomic E-state index is 0.0394. The lowest BCUT2D eigenvalue weighted by Gasteiger charge is -2.35. The predicted octanol–water partition coefficient (Wildman–Crippen LogP) is 1.26. The van der Waals surface area contributed by atoms with Crippen molar-refractivity contribution in [3.05, 3.63) is 36.8 Å². The largest absolute Gasteiger partial charge is 0.344 e. The zero-order valence-electron chi connectivity index (χ0n) is 18.3. The van der Waals surface area contributed by atoms with E-state index in [2.05, 4.69) is 29.7 Å². The molecular weight excluding hydrogens is 440 g/mol. The summed E-state index contributed by atoms with van der Waals surface area (Å²) in [7, 11) is 0. The molecule has 10 nitrogen and oxygen atoms in total. The Morgan fingerprint density at radius 3 is 1.94 bits per heavy atom. The number of amides is 2. The van der Waals surface area contributed by atoms with Gasteiger partial charge in [0, 0.05) is 83.8 Å². The number of carbonyl (C=O) groups excluding carboxylic acids is 2. The molecule has 5 heterocycles. The molecule has 2 aliphatic rings. The van der Waals surface area contributed by atoms with Crippen molar-refractivity contribution in [3.8, 4) is 0 Å². The molecule has 3 aromatic rings. The summed E-state index contributed by atoms with van der Waals surface area (Å²) in [6.07, 6.45) is 5.74. The molecule has 172 valence electrons. The Balaban J connectivity index is 1.05. The van der Waals surface area contributed by atoms with Crippen molar-refractivity contribution in [1.82, 2.24) is 29.7 Å². The quantitative estimate of drug-likeness (QED) is 0.554. The second-order valence-electron chi connectivity index (χ2n) is 8.11. The van der Waals surface area contributed by atoms with E-state index in [1.165, 1.54) is 0 Å². The summed E-state index contributed by atoms with van der Waals surface area (Å²) in [6, 6.07) is 5.65. The summed E-state index contributed by atoms with van der Waals surface area (Å²) in [5.41, 5.74) is 0.909. The molecule has 2 fully saturated rings. The molecule has 0 saturated carbocycles. The highest BCUT2D eigenvalue weighted by Gasteiger charge is 2.26. The third kappa shape index (κ3) is 4.87. The molecule has 0 N–H and O–H groups in total. The first-order valence-electron chi connectivity index (χ1n) is 11.2. The van der Waals surface area contributed by atoms with Crippen molar-refractivity contribution >= 4 is 44.6 Å². The molecule has 2 amide bonds. The molecule has 33 heavy (non-hydrogen) atoms. The van der Waals surface area contributed by atoms with Gasteiger partial charge in [0.15, 0.2) is 5.13 Å². The van der Waals surface area contributed by atoms with Crippen LogP contribution in [0.25, 0.3) is 10.3 Å². The van der Waals surface area contributed by atoms with Gasteiger partial charge in [-0.05, 0) is 18.2 Å². The zero-order chi connectivity index (χ0) is 22.6. The number of rotatable bonds is 5. The van der Waals surface area contributed by atoms with Crippen molar-refractivity contribution in [1.29, 1.82) is 0 Å². The lowest BCUT2D eigenvalue weighted by atomic mass is 10.2. The van der Waals surface area contributed by atoms with Gasteiger partial charge in [0.05, 0.1) is 0 Å². The Morgan fingerprint density at radius 1 is 0.758 bits per heavy atom. The van der Waals surface area contributed by atoms with Crippen molar-refractivity contribution in [3.63, 3.8) is 0 Å². The van der Waals surface area contributed by atoms with E-state index in [9.17, 15) is 9.59 Å². The number of anilines is 2. The van der Waals surface area contributed by atoms with E-state index in [0.29, 0.717) is 45.2 Å². The zero-order valence-corrected chi connectivity index (χ0v) is 19.2. The number of hydrogen-bond acceptors (Lipinski definition) is 9. The van der Waals surface area contributed by atoms with Crippen LogP contribution in [0.2, 0.25) is 0 Å². The number of fused-ring (bicyclic) bond motifs is 1. The maximum absolute atomic E-state index is 12.7. The van der Waals surface area contributed by atoms with Gasteiger partial charge in [-0.25, -0.2) is 19.9 Å². The molecule has 0 spiro atoms. The van der Waals surface area contributed by atoms with Crippen LogP contribution in [0.15, 0.2) is 36.8 Å². The maximum Gasteiger partial charge on any atom is 0.225 e. The summed E-state index contributed by atoms with van der Waals surface area (Å²) in [5.74, 6) is 0.781. The molecule has 0 aromatic carbocycles. The Kier molecular flexibility index (Phi) is 6.29. The number of thiazole rings is 1. The Hall–Kier alpha value is -3.34. The molecule has 0 bridgehead atoms. The van der Waals surface area contributed by atoms with Crippen LogP contribution >= 0.6 is 11.3 Å². The number of aromatic nitrogens is 4. The highest BCUT2D eigenvalue weighted by atomic mass is 32.1. The Bertz CT molecular complexity index is 1070. The summed E-state index contributed by atoms with van der Waals surface area (Å²) in [6.45, 7) is 5.42. The van der Waals surface area contributed by atoms with Crippen molar-refractivity contribution in [2.24, 2.45) is 0 Å². The van der Waals surface area contributed by atoms with Gasteiger partial charge in [0.25, 0.3) is 0 Å². The standard InChI is InChI=1S/C22H26N8O2S/c31-18(27-9-13-29(14-10-27)21-24-7-2-8-25-21)4-5-19(32)28-11-15-30(16-12-28)22-26-17-3-1-6-23-20(17)33-22/h1-3,6-8H,4-5,9-16H2. The third-order valence-electron chi connectivity index (χ3n) is 6.08. The average Bonchev–Trinajstić information content (AvgIpc) is 3.32. The average molecular weight is 467 g/mol. The fraction of sp³-hybridized carbons (Fsp3) is 0.455. The van der Waals surface area contributed by atoms with Crippen LogP contribution < -0.4 is 9.80 Å². The van der Waals surface area contributed by atoms with Crippen molar-refractivity contribution < 1.29 is 9.59 Å². The van der Waals surface area contributed by atoms with Gasteiger partial charge in [-0.1, -0.05) is 11.3 Å². The maximum atomic E-state index is 12.7. The molecule has 0 radical (unpaired) electrons. The highest BCUT2D eigenvalue weighted by Crippen LogP contribution is 2.27. The van der Waals surface area contributed by atoms with Crippen LogP contribution in [0.5, 0.6) is 0 Å². The van der Waals surface area contributed by atoms with E-state index in [0.717, 1.165) is 28.6 Å². The number of piperazine rings is 2. The first-order chi connectivity index (χ1) is 16.2. The fourth-order valence-electron chi connectivity index (χ4n) is 4.18. The summed E-state index contributed by atoms with van der Waals surface area (Å²) in [4.78, 5) is 51.8. The molecule has 2 aliphatic heterocycles. The molecular formula is C22H26N8O2S. The van der Waals surface area contributed by atoms with Crippen LogP contribution in [0.1, 0.15) is 12.8 Å². The van der Waals surface area contributed by atoms with Crippen LogP contribution in [-0.2, 0) is 9.59 Å². The lowest BCUT2D eigenvalue weighted by molar-refractivity contribution is -0.137. The molecule has 0 aliphatic carbocycles. The molecule has 0 unspecified atom stereocenters. The lowest BCUT2D eigenvalue weighted by Crippen LogP contribution is -2.50. The van der Waals surface area contributed by atoms with Crippen LogP contribution in [-0.4, -0.2) is 93.9 Å². The van der Waals surface area contributed by atoms with E-state index in [4.69, 9.17) is 0 Å². The van der Waals surface area contributed by atoms with Gasteiger partial charge >= 0.3 is 0 Å². The number of nitrogens with zero attached hydrogens (tertiary/aromatic N) is 8. The van der Waals surface area contributed by atoms with E-state index < -0.39 is 0 Å². The predicted molar refractivity (Wildman–Crippen MR) is 126 cm³/mol. The van der Waals surface area contributed by atoms with E-state index in [-0.39, 0.29) is 24.7 Å². The summed E-state index contributed by atoms with van der Waals surface area (Å²) in [5, 5.41) is 0.950. The Morgan fingerprint density at radius 2 is 1.33 bits per heavy atom. The van der Waals surface area contributed by atoms with Crippen LogP contribution in [0.4, 0.5) is 11.1 Å². The van der Waals surface area contributed by atoms with Gasteiger partial charge in [-0.3, -0.25) is 9.59 Å². The number of carbonyl (C=O) groups is 2. The van der Waals surface area contributed by atoms with Gasteiger partial charge in [0.1, 0.15) is 10.3 Å². The normalized spacial score (nSPS) is 17.0. The van der Waals surface area contributed by atoms with Gasteiger partial charge in [-0.2, -0.15) is 0 Å². The molecule has 3 aromatic heterocycles. The van der Waals surface area contributed by atoms with E-state index in [1.54, 1.807) is 36.0 Å². The molecule has 11 heteroatoms. The first-order valence-corrected chi connectivity index (χ1v) is 12.0. The first kappa shape index (κ1) is 21.5. The SMILES string of the molecule is O=C(CCC(=O)N1CCN(c2nc3cccnc3s2)CC1)N1CCN(c2ncccn2)CC1. The Labute approximate surface area is 195 Å². The monoisotopic (exact) mass is 466 g/mol. The topological polar surface area (TPSA) is 98.7 Å². The smallest absolute Gasteiger partial charge is 0.225 e. The fourth-order valence-corrected chi connectivity index (χ4v) is 5.14. The minimum atomic E-state index is 0.0394. The second kappa shape index (κ2) is 9.65. The third-order valence-corrected chi connectivity index (χ3v) is 7.12. The van der Waals surface area contributed by atoms with Gasteiger partial charge in [-0.15, -0.1) is 0 Å². The minimum Gasteiger partial charge on any atom is -0.344 e. The second-order valence-corrected chi connectivity index (χ2v) is 9.06. The van der Waals surface area contributed by atoms with Gasteiger partial charge < -0.3 is 19.6 Å². The highest BCUT2D eigenvalue weighted by molar-refractivity contribution is 7.21.